The number of hydrogen-bond acceptors (Lipinski definition) is 4. The number of anilines is 1. The molecule has 0 saturated carbocycles. The summed E-state index contributed by atoms with van der Waals surface area (Å²) in [7, 11) is 0. The molecule has 1 N–H and O–H groups in total. The van der Waals surface area contributed by atoms with E-state index in [4.69, 9.17) is 14.7 Å². The summed E-state index contributed by atoms with van der Waals surface area (Å²) < 4.78 is 5.93. The van der Waals surface area contributed by atoms with Crippen LogP contribution in [0.4, 0.5) is 5.82 Å². The van der Waals surface area contributed by atoms with Gasteiger partial charge in [0.1, 0.15) is 11.6 Å². The van der Waals surface area contributed by atoms with Crippen molar-refractivity contribution in [3.05, 3.63) is 17.1 Å². The summed E-state index contributed by atoms with van der Waals surface area (Å²) in [5.74, 6) is 2.39. The van der Waals surface area contributed by atoms with E-state index in [1.807, 2.05) is 0 Å². The highest BCUT2D eigenvalue weighted by atomic mass is 16.5. The lowest BCUT2D eigenvalue weighted by Gasteiger charge is -2.19. The summed E-state index contributed by atoms with van der Waals surface area (Å²) in [6.07, 6.45) is 5.39. The fourth-order valence-corrected chi connectivity index (χ4v) is 3.14. The summed E-state index contributed by atoms with van der Waals surface area (Å²) in [6.45, 7) is 7.30. The van der Waals surface area contributed by atoms with Gasteiger partial charge in [-0.2, -0.15) is 0 Å². The van der Waals surface area contributed by atoms with E-state index in [0.717, 1.165) is 36.7 Å². The first kappa shape index (κ1) is 12.9. The van der Waals surface area contributed by atoms with Crippen molar-refractivity contribution in [3.8, 4) is 0 Å². The number of rotatable bonds is 4. The summed E-state index contributed by atoms with van der Waals surface area (Å²) in [5.41, 5.74) is 2.26. The van der Waals surface area contributed by atoms with Crippen molar-refractivity contribution < 1.29 is 4.74 Å². The van der Waals surface area contributed by atoms with Crippen molar-refractivity contribution in [2.75, 3.05) is 11.9 Å². The maximum atomic E-state index is 5.93. The van der Waals surface area contributed by atoms with Crippen LogP contribution in [-0.2, 0) is 4.74 Å². The highest BCUT2D eigenvalue weighted by Crippen LogP contribution is 2.43. The number of nitrogens with one attached hydrogen (secondary N) is 1. The van der Waals surface area contributed by atoms with E-state index in [1.165, 1.54) is 18.4 Å². The molecule has 2 saturated heterocycles. The van der Waals surface area contributed by atoms with Crippen molar-refractivity contribution in [1.82, 2.24) is 9.97 Å². The maximum Gasteiger partial charge on any atom is 0.136 e. The quantitative estimate of drug-likeness (QED) is 0.905. The Morgan fingerprint density at radius 1 is 1.26 bits per heavy atom. The molecule has 2 aliphatic heterocycles. The van der Waals surface area contributed by atoms with E-state index >= 15 is 0 Å². The van der Waals surface area contributed by atoms with Gasteiger partial charge in [0.05, 0.1) is 12.2 Å². The Balaban J connectivity index is 1.87. The molecular weight excluding hydrogens is 238 g/mol. The lowest BCUT2D eigenvalue weighted by atomic mass is 9.88. The third-order valence-corrected chi connectivity index (χ3v) is 4.39. The van der Waals surface area contributed by atoms with Crippen molar-refractivity contribution in [3.63, 3.8) is 0 Å². The maximum absolute atomic E-state index is 5.93. The molecule has 2 aliphatic rings. The first-order valence-electron chi connectivity index (χ1n) is 7.43. The molecule has 0 amide bonds. The minimum absolute atomic E-state index is 0.353. The molecule has 3 rings (SSSR count). The number of fused-ring (bicyclic) bond motifs is 2. The Morgan fingerprint density at radius 2 is 2.11 bits per heavy atom. The number of aromatic nitrogens is 2. The molecule has 2 bridgehead atoms. The molecule has 2 fully saturated rings. The van der Waals surface area contributed by atoms with Gasteiger partial charge in [-0.25, -0.2) is 9.97 Å². The standard InChI is InChI=1S/C15H23N3O/c1-4-7-16-14-9(2)10(3)17-15(18-14)12-8-11-5-6-13(12)19-11/h11-13H,4-8H2,1-3H3,(H,16,17,18). The van der Waals surface area contributed by atoms with Crippen LogP contribution in [-0.4, -0.2) is 28.7 Å². The molecule has 0 aromatic carbocycles. The fraction of sp³-hybridized carbons (Fsp3) is 0.733. The SMILES string of the molecule is CCCNc1nc(C2CC3CCC2O3)nc(C)c1C. The molecular formula is C15H23N3O. The Labute approximate surface area is 115 Å². The predicted octanol–water partition coefficient (Wildman–Crippen LogP) is 2.95. The van der Waals surface area contributed by atoms with Crippen molar-refractivity contribution in [2.24, 2.45) is 0 Å². The topological polar surface area (TPSA) is 47.0 Å². The highest BCUT2D eigenvalue weighted by molar-refractivity contribution is 5.45. The van der Waals surface area contributed by atoms with E-state index in [9.17, 15) is 0 Å². The minimum atomic E-state index is 0.353. The van der Waals surface area contributed by atoms with Crippen LogP contribution in [0.2, 0.25) is 0 Å². The number of nitrogens with zero attached hydrogens (tertiary/aromatic N) is 2. The Kier molecular flexibility index (Phi) is 3.44. The van der Waals surface area contributed by atoms with Crippen LogP contribution >= 0.6 is 0 Å². The van der Waals surface area contributed by atoms with Crippen LogP contribution in [0.1, 0.15) is 55.6 Å². The van der Waals surface area contributed by atoms with Crippen molar-refractivity contribution >= 4 is 5.82 Å². The first-order valence-corrected chi connectivity index (χ1v) is 7.43. The number of ether oxygens (including phenoxy) is 1. The largest absolute Gasteiger partial charge is 0.374 e. The molecule has 3 unspecified atom stereocenters. The van der Waals surface area contributed by atoms with Crippen LogP contribution in [0, 0.1) is 13.8 Å². The van der Waals surface area contributed by atoms with Crippen LogP contribution in [0.15, 0.2) is 0 Å². The molecule has 1 aromatic rings. The zero-order chi connectivity index (χ0) is 13.4. The van der Waals surface area contributed by atoms with Gasteiger partial charge < -0.3 is 10.1 Å². The molecule has 3 atom stereocenters. The zero-order valence-corrected chi connectivity index (χ0v) is 12.1. The average Bonchev–Trinajstić information content (AvgIpc) is 3.02. The number of hydrogen-bond donors (Lipinski definition) is 1. The summed E-state index contributed by atoms with van der Waals surface area (Å²) in [6, 6.07) is 0. The van der Waals surface area contributed by atoms with Crippen molar-refractivity contribution in [1.29, 1.82) is 0 Å². The minimum Gasteiger partial charge on any atom is -0.374 e. The Morgan fingerprint density at radius 3 is 2.74 bits per heavy atom. The van der Waals surface area contributed by atoms with Crippen LogP contribution in [0.25, 0.3) is 0 Å². The van der Waals surface area contributed by atoms with E-state index in [0.29, 0.717) is 18.1 Å². The molecule has 104 valence electrons. The molecule has 0 radical (unpaired) electrons. The third kappa shape index (κ3) is 2.34. The van der Waals surface area contributed by atoms with E-state index in [2.05, 4.69) is 26.1 Å². The van der Waals surface area contributed by atoms with Gasteiger partial charge in [-0.3, -0.25) is 0 Å². The molecule has 0 aliphatic carbocycles. The van der Waals surface area contributed by atoms with E-state index < -0.39 is 0 Å². The molecule has 1 aromatic heterocycles. The van der Waals surface area contributed by atoms with E-state index in [1.54, 1.807) is 0 Å². The second-order valence-corrected chi connectivity index (χ2v) is 5.78. The van der Waals surface area contributed by atoms with Gasteiger partial charge in [0, 0.05) is 23.7 Å². The third-order valence-electron chi connectivity index (χ3n) is 4.39. The molecule has 3 heterocycles. The summed E-state index contributed by atoms with van der Waals surface area (Å²) >= 11 is 0. The highest BCUT2D eigenvalue weighted by Gasteiger charge is 2.43. The molecule has 0 spiro atoms. The predicted molar refractivity (Wildman–Crippen MR) is 75.5 cm³/mol. The zero-order valence-electron chi connectivity index (χ0n) is 12.1. The normalized spacial score (nSPS) is 28.9. The van der Waals surface area contributed by atoms with Gasteiger partial charge in [-0.1, -0.05) is 6.92 Å². The molecule has 19 heavy (non-hydrogen) atoms. The van der Waals surface area contributed by atoms with Gasteiger partial charge in [0.25, 0.3) is 0 Å². The first-order chi connectivity index (χ1) is 9.19. The lowest BCUT2D eigenvalue weighted by Crippen LogP contribution is -2.19. The van der Waals surface area contributed by atoms with Crippen LogP contribution in [0.5, 0.6) is 0 Å². The van der Waals surface area contributed by atoms with Gasteiger partial charge >= 0.3 is 0 Å². The van der Waals surface area contributed by atoms with Gasteiger partial charge in [0.15, 0.2) is 0 Å². The Hall–Kier alpha value is -1.16. The second kappa shape index (κ2) is 5.08. The summed E-state index contributed by atoms with van der Waals surface area (Å²) in [4.78, 5) is 9.48. The van der Waals surface area contributed by atoms with E-state index in [-0.39, 0.29) is 0 Å². The van der Waals surface area contributed by atoms with Crippen LogP contribution in [0.3, 0.4) is 0 Å². The van der Waals surface area contributed by atoms with Gasteiger partial charge in [-0.05, 0) is 39.5 Å². The molecule has 4 nitrogen and oxygen atoms in total. The monoisotopic (exact) mass is 261 g/mol. The van der Waals surface area contributed by atoms with Gasteiger partial charge in [0.2, 0.25) is 0 Å². The van der Waals surface area contributed by atoms with Gasteiger partial charge in [-0.15, -0.1) is 0 Å². The van der Waals surface area contributed by atoms with Crippen LogP contribution < -0.4 is 5.32 Å². The lowest BCUT2D eigenvalue weighted by molar-refractivity contribution is 0.0998. The smallest absolute Gasteiger partial charge is 0.136 e. The average molecular weight is 261 g/mol. The molecule has 4 heteroatoms. The summed E-state index contributed by atoms with van der Waals surface area (Å²) in [5, 5.41) is 3.42. The Bertz CT molecular complexity index is 475. The number of aryl methyl sites for hydroxylation is 1. The fourth-order valence-electron chi connectivity index (χ4n) is 3.14. The van der Waals surface area contributed by atoms with Crippen molar-refractivity contribution in [2.45, 2.75) is 64.6 Å². The second-order valence-electron chi connectivity index (χ2n) is 5.78.